The molecule has 4 nitrogen and oxygen atoms in total. The van der Waals surface area contributed by atoms with Crippen LogP contribution >= 0.6 is 0 Å². The standard InChI is InChI=1S/C20H24N2O2/c1-14-7-6-8-15(2)19(14)24-12-11-22-18-10-5-4-9-17(18)21-13-16(3)20(22)23/h4-10,16,21H,11-13H2,1-3H3/t16-/m1/s1. The van der Waals surface area contributed by atoms with Crippen LogP contribution in [0, 0.1) is 19.8 Å². The molecule has 1 aliphatic rings. The Balaban J connectivity index is 1.77. The molecule has 0 fully saturated rings. The Morgan fingerprint density at radius 2 is 1.83 bits per heavy atom. The minimum Gasteiger partial charge on any atom is -0.491 e. The second-order valence-electron chi connectivity index (χ2n) is 6.36. The van der Waals surface area contributed by atoms with Crippen LogP contribution in [-0.2, 0) is 4.79 Å². The van der Waals surface area contributed by atoms with Crippen molar-refractivity contribution in [3.05, 3.63) is 53.6 Å². The highest BCUT2D eigenvalue weighted by Gasteiger charge is 2.27. The number of nitrogens with zero attached hydrogens (tertiary/aromatic N) is 1. The average Bonchev–Trinajstić information content (AvgIpc) is 2.69. The molecule has 0 bridgehead atoms. The Morgan fingerprint density at radius 3 is 2.58 bits per heavy atom. The third-order valence-corrected chi connectivity index (χ3v) is 4.45. The molecule has 2 aromatic rings. The number of benzene rings is 2. The molecular formula is C20H24N2O2. The van der Waals surface area contributed by atoms with Crippen LogP contribution in [0.4, 0.5) is 11.4 Å². The third kappa shape index (κ3) is 3.23. The Bertz CT molecular complexity index is 722. The van der Waals surface area contributed by atoms with E-state index in [1.54, 1.807) is 0 Å². The zero-order valence-corrected chi connectivity index (χ0v) is 14.5. The van der Waals surface area contributed by atoms with Crippen molar-refractivity contribution in [3.8, 4) is 5.75 Å². The molecule has 0 spiro atoms. The van der Waals surface area contributed by atoms with Crippen LogP contribution in [0.5, 0.6) is 5.75 Å². The monoisotopic (exact) mass is 324 g/mol. The summed E-state index contributed by atoms with van der Waals surface area (Å²) in [5.74, 6) is 0.995. The molecule has 1 atom stereocenters. The Labute approximate surface area is 143 Å². The van der Waals surface area contributed by atoms with Gasteiger partial charge in [-0.25, -0.2) is 0 Å². The largest absolute Gasteiger partial charge is 0.491 e. The number of aryl methyl sites for hydroxylation is 2. The van der Waals surface area contributed by atoms with Crippen LogP contribution in [-0.4, -0.2) is 25.6 Å². The summed E-state index contributed by atoms with van der Waals surface area (Å²) in [7, 11) is 0. The SMILES string of the molecule is Cc1cccc(C)c1OCCN1C(=O)[C@H](C)CNc2ccccc21. The fourth-order valence-electron chi connectivity index (χ4n) is 3.09. The number of hydrogen-bond acceptors (Lipinski definition) is 3. The summed E-state index contributed by atoms with van der Waals surface area (Å²) in [5, 5.41) is 3.36. The van der Waals surface area contributed by atoms with Crippen LogP contribution in [0.25, 0.3) is 0 Å². The number of hydrogen-bond donors (Lipinski definition) is 1. The van der Waals surface area contributed by atoms with Crippen molar-refractivity contribution in [2.45, 2.75) is 20.8 Å². The molecule has 0 saturated heterocycles. The lowest BCUT2D eigenvalue weighted by Crippen LogP contribution is -2.38. The van der Waals surface area contributed by atoms with E-state index in [0.717, 1.165) is 28.3 Å². The molecule has 126 valence electrons. The molecule has 0 unspecified atom stereocenters. The molecule has 24 heavy (non-hydrogen) atoms. The third-order valence-electron chi connectivity index (χ3n) is 4.45. The molecule has 4 heteroatoms. The van der Waals surface area contributed by atoms with Gasteiger partial charge in [0, 0.05) is 6.54 Å². The fourth-order valence-corrected chi connectivity index (χ4v) is 3.09. The first kappa shape index (κ1) is 16.4. The lowest BCUT2D eigenvalue weighted by atomic mass is 10.1. The van der Waals surface area contributed by atoms with E-state index in [4.69, 9.17) is 4.74 Å². The number of para-hydroxylation sites is 3. The van der Waals surface area contributed by atoms with Crippen molar-refractivity contribution in [1.82, 2.24) is 0 Å². The normalized spacial score (nSPS) is 17.0. The van der Waals surface area contributed by atoms with Gasteiger partial charge in [0.25, 0.3) is 0 Å². The smallest absolute Gasteiger partial charge is 0.231 e. The van der Waals surface area contributed by atoms with E-state index < -0.39 is 0 Å². The topological polar surface area (TPSA) is 41.6 Å². The van der Waals surface area contributed by atoms with Crippen molar-refractivity contribution in [3.63, 3.8) is 0 Å². The number of anilines is 2. The van der Waals surface area contributed by atoms with Gasteiger partial charge in [-0.2, -0.15) is 0 Å². The van der Waals surface area contributed by atoms with Gasteiger partial charge in [0.15, 0.2) is 0 Å². The molecule has 1 aliphatic heterocycles. The zero-order chi connectivity index (χ0) is 17.1. The molecule has 3 rings (SSSR count). The Morgan fingerprint density at radius 1 is 1.12 bits per heavy atom. The van der Waals surface area contributed by atoms with E-state index in [2.05, 4.69) is 5.32 Å². The highest BCUT2D eigenvalue weighted by atomic mass is 16.5. The van der Waals surface area contributed by atoms with E-state index in [0.29, 0.717) is 19.7 Å². The van der Waals surface area contributed by atoms with Gasteiger partial charge in [-0.3, -0.25) is 4.79 Å². The van der Waals surface area contributed by atoms with Gasteiger partial charge in [-0.1, -0.05) is 37.3 Å². The predicted molar refractivity (Wildman–Crippen MR) is 97.9 cm³/mol. The van der Waals surface area contributed by atoms with Gasteiger partial charge in [0.05, 0.1) is 23.8 Å². The van der Waals surface area contributed by atoms with Crippen molar-refractivity contribution < 1.29 is 9.53 Å². The summed E-state index contributed by atoms with van der Waals surface area (Å²) in [5.41, 5.74) is 4.17. The van der Waals surface area contributed by atoms with Crippen molar-refractivity contribution in [1.29, 1.82) is 0 Å². The summed E-state index contributed by atoms with van der Waals surface area (Å²) >= 11 is 0. The van der Waals surface area contributed by atoms with E-state index >= 15 is 0 Å². The summed E-state index contributed by atoms with van der Waals surface area (Å²) in [6.07, 6.45) is 0. The van der Waals surface area contributed by atoms with Crippen LogP contribution in [0.1, 0.15) is 18.1 Å². The lowest BCUT2D eigenvalue weighted by Gasteiger charge is -2.24. The number of nitrogens with one attached hydrogen (secondary N) is 1. The highest BCUT2D eigenvalue weighted by Crippen LogP contribution is 2.30. The molecule has 0 radical (unpaired) electrons. The zero-order valence-electron chi connectivity index (χ0n) is 14.5. The maximum Gasteiger partial charge on any atom is 0.231 e. The summed E-state index contributed by atoms with van der Waals surface area (Å²) in [6, 6.07) is 14.1. The predicted octanol–water partition coefficient (Wildman–Crippen LogP) is 3.78. The highest BCUT2D eigenvalue weighted by molar-refractivity contribution is 5.99. The molecular weight excluding hydrogens is 300 g/mol. The maximum atomic E-state index is 12.7. The second-order valence-corrected chi connectivity index (χ2v) is 6.36. The van der Waals surface area contributed by atoms with E-state index in [9.17, 15) is 4.79 Å². The van der Waals surface area contributed by atoms with Gasteiger partial charge in [0.2, 0.25) is 5.91 Å². The molecule has 0 saturated carbocycles. The van der Waals surface area contributed by atoms with Crippen molar-refractivity contribution >= 4 is 17.3 Å². The number of rotatable bonds is 4. The van der Waals surface area contributed by atoms with Gasteiger partial charge in [-0.05, 0) is 37.1 Å². The number of amides is 1. The number of carbonyl (C=O) groups is 1. The molecule has 0 aromatic heterocycles. The van der Waals surface area contributed by atoms with Gasteiger partial charge < -0.3 is 15.0 Å². The van der Waals surface area contributed by atoms with Gasteiger partial charge in [-0.15, -0.1) is 0 Å². The maximum absolute atomic E-state index is 12.7. The van der Waals surface area contributed by atoms with E-state index in [1.165, 1.54) is 0 Å². The quantitative estimate of drug-likeness (QED) is 0.930. The van der Waals surface area contributed by atoms with Gasteiger partial charge in [0.1, 0.15) is 12.4 Å². The van der Waals surface area contributed by atoms with Gasteiger partial charge >= 0.3 is 0 Å². The summed E-state index contributed by atoms with van der Waals surface area (Å²) in [6.45, 7) is 7.71. The van der Waals surface area contributed by atoms with Crippen molar-refractivity contribution in [2.24, 2.45) is 5.92 Å². The Kier molecular flexibility index (Phi) is 4.74. The number of ether oxygens (including phenoxy) is 1. The molecule has 2 aromatic carbocycles. The fraction of sp³-hybridized carbons (Fsp3) is 0.350. The summed E-state index contributed by atoms with van der Waals surface area (Å²) < 4.78 is 6.00. The molecule has 1 N–H and O–H groups in total. The first-order chi connectivity index (χ1) is 11.6. The Hall–Kier alpha value is -2.49. The average molecular weight is 324 g/mol. The minimum atomic E-state index is -0.0578. The van der Waals surface area contributed by atoms with E-state index in [1.807, 2.05) is 68.1 Å². The van der Waals surface area contributed by atoms with Crippen LogP contribution < -0.4 is 15.0 Å². The minimum absolute atomic E-state index is 0.0578. The number of carbonyl (C=O) groups excluding carboxylic acids is 1. The van der Waals surface area contributed by atoms with E-state index in [-0.39, 0.29) is 11.8 Å². The van der Waals surface area contributed by atoms with Crippen LogP contribution in [0.15, 0.2) is 42.5 Å². The molecule has 0 aliphatic carbocycles. The molecule has 1 amide bonds. The molecule has 1 heterocycles. The van der Waals surface area contributed by atoms with Crippen molar-refractivity contribution in [2.75, 3.05) is 29.9 Å². The lowest BCUT2D eigenvalue weighted by molar-refractivity contribution is -0.121. The van der Waals surface area contributed by atoms with Crippen LogP contribution in [0.3, 0.4) is 0 Å². The van der Waals surface area contributed by atoms with Crippen LogP contribution in [0.2, 0.25) is 0 Å². The first-order valence-electron chi connectivity index (χ1n) is 8.41. The summed E-state index contributed by atoms with van der Waals surface area (Å²) in [4.78, 5) is 14.6. The second kappa shape index (κ2) is 6.95. The number of fused-ring (bicyclic) bond motifs is 1. The first-order valence-corrected chi connectivity index (χ1v) is 8.41.